The van der Waals surface area contributed by atoms with E-state index in [-0.39, 0.29) is 12.5 Å². The van der Waals surface area contributed by atoms with Crippen molar-refractivity contribution >= 4 is 23.2 Å². The Morgan fingerprint density at radius 3 is 2.50 bits per heavy atom. The number of thiophene rings is 1. The van der Waals surface area contributed by atoms with Crippen LogP contribution in [-0.2, 0) is 22.4 Å². The fourth-order valence-corrected chi connectivity index (χ4v) is 3.33. The van der Waals surface area contributed by atoms with Crippen LogP contribution in [0.1, 0.15) is 40.2 Å². The average Bonchev–Trinajstić information content (AvgIpc) is 3.05. The largest absolute Gasteiger partial charge is 0.464 e. The second-order valence-corrected chi connectivity index (χ2v) is 6.51. The SMILES string of the molecule is CCOC(=O)C(Cc1ccc(C)cc1)NC(=O)c1sccc1CC. The molecule has 0 aliphatic heterocycles. The van der Waals surface area contributed by atoms with Crippen LogP contribution in [0.5, 0.6) is 0 Å². The van der Waals surface area contributed by atoms with Crippen LogP contribution in [0, 0.1) is 6.92 Å². The minimum atomic E-state index is -0.688. The second-order valence-electron chi connectivity index (χ2n) is 5.60. The van der Waals surface area contributed by atoms with Gasteiger partial charge in [0, 0.05) is 6.42 Å². The van der Waals surface area contributed by atoms with Gasteiger partial charge in [-0.05, 0) is 42.8 Å². The number of nitrogens with one attached hydrogen (secondary N) is 1. The first-order valence-corrected chi connectivity index (χ1v) is 9.02. The molecule has 1 amide bonds. The fourth-order valence-electron chi connectivity index (χ4n) is 2.43. The van der Waals surface area contributed by atoms with Gasteiger partial charge in [0.1, 0.15) is 6.04 Å². The van der Waals surface area contributed by atoms with Crippen LogP contribution in [0.25, 0.3) is 0 Å². The third kappa shape index (κ3) is 4.68. The molecule has 2 rings (SSSR count). The summed E-state index contributed by atoms with van der Waals surface area (Å²) in [6.45, 7) is 6.07. The number of benzene rings is 1. The maximum atomic E-state index is 12.5. The van der Waals surface area contributed by atoms with Crippen molar-refractivity contribution in [3.63, 3.8) is 0 Å². The zero-order chi connectivity index (χ0) is 17.5. The first kappa shape index (κ1) is 18.2. The molecular weight excluding hydrogens is 322 g/mol. The molecule has 1 atom stereocenters. The third-order valence-electron chi connectivity index (χ3n) is 3.77. The zero-order valence-corrected chi connectivity index (χ0v) is 15.1. The molecule has 0 aliphatic rings. The normalized spacial score (nSPS) is 11.8. The van der Waals surface area contributed by atoms with Gasteiger partial charge >= 0.3 is 5.97 Å². The number of hydrogen-bond donors (Lipinski definition) is 1. The highest BCUT2D eigenvalue weighted by molar-refractivity contribution is 7.12. The lowest BCUT2D eigenvalue weighted by molar-refractivity contribution is -0.145. The summed E-state index contributed by atoms with van der Waals surface area (Å²) in [4.78, 5) is 25.4. The quantitative estimate of drug-likeness (QED) is 0.781. The van der Waals surface area contributed by atoms with Crippen LogP contribution in [0.2, 0.25) is 0 Å². The highest BCUT2D eigenvalue weighted by atomic mass is 32.1. The fraction of sp³-hybridized carbons (Fsp3) is 0.368. The minimum Gasteiger partial charge on any atom is -0.464 e. The van der Waals surface area contributed by atoms with E-state index in [9.17, 15) is 9.59 Å². The van der Waals surface area contributed by atoms with Crippen LogP contribution in [0.3, 0.4) is 0 Å². The maximum Gasteiger partial charge on any atom is 0.328 e. The number of carbonyl (C=O) groups is 2. The highest BCUT2D eigenvalue weighted by Gasteiger charge is 2.24. The van der Waals surface area contributed by atoms with Gasteiger partial charge in [-0.3, -0.25) is 4.79 Å². The molecule has 24 heavy (non-hydrogen) atoms. The number of amides is 1. The molecule has 1 unspecified atom stereocenters. The minimum absolute atomic E-state index is 0.216. The Labute approximate surface area is 146 Å². The van der Waals surface area contributed by atoms with Crippen LogP contribution in [0.4, 0.5) is 0 Å². The van der Waals surface area contributed by atoms with Crippen molar-refractivity contribution in [3.8, 4) is 0 Å². The van der Waals surface area contributed by atoms with Crippen molar-refractivity contribution in [2.75, 3.05) is 6.61 Å². The molecule has 0 radical (unpaired) electrons. The monoisotopic (exact) mass is 345 g/mol. The van der Waals surface area contributed by atoms with Crippen molar-refractivity contribution in [2.45, 2.75) is 39.7 Å². The van der Waals surface area contributed by atoms with E-state index in [1.54, 1.807) is 6.92 Å². The summed E-state index contributed by atoms with van der Waals surface area (Å²) < 4.78 is 5.12. The smallest absolute Gasteiger partial charge is 0.328 e. The lowest BCUT2D eigenvalue weighted by atomic mass is 10.0. The van der Waals surface area contributed by atoms with Crippen molar-refractivity contribution in [1.29, 1.82) is 0 Å². The Balaban J connectivity index is 2.15. The van der Waals surface area contributed by atoms with Crippen LogP contribution >= 0.6 is 11.3 Å². The Morgan fingerprint density at radius 2 is 1.88 bits per heavy atom. The molecular formula is C19H23NO3S. The molecule has 128 valence electrons. The van der Waals surface area contributed by atoms with Gasteiger partial charge in [-0.2, -0.15) is 0 Å². The topological polar surface area (TPSA) is 55.4 Å². The van der Waals surface area contributed by atoms with Crippen molar-refractivity contribution in [1.82, 2.24) is 5.32 Å². The molecule has 0 spiro atoms. The number of aryl methyl sites for hydroxylation is 2. The van der Waals surface area contributed by atoms with Gasteiger partial charge in [0.05, 0.1) is 11.5 Å². The van der Waals surface area contributed by atoms with E-state index in [4.69, 9.17) is 4.74 Å². The number of carbonyl (C=O) groups excluding carboxylic acids is 2. The van der Waals surface area contributed by atoms with E-state index < -0.39 is 12.0 Å². The molecule has 0 bridgehead atoms. The van der Waals surface area contributed by atoms with Gasteiger partial charge in [-0.25, -0.2) is 4.79 Å². The molecule has 0 aliphatic carbocycles. The molecule has 0 saturated carbocycles. The van der Waals surface area contributed by atoms with Gasteiger partial charge in [-0.1, -0.05) is 36.8 Å². The highest BCUT2D eigenvalue weighted by Crippen LogP contribution is 2.18. The summed E-state index contributed by atoms with van der Waals surface area (Å²) in [5.41, 5.74) is 3.14. The summed E-state index contributed by atoms with van der Waals surface area (Å²) in [7, 11) is 0. The molecule has 1 aromatic heterocycles. The second kappa shape index (κ2) is 8.64. The van der Waals surface area contributed by atoms with E-state index in [1.807, 2.05) is 49.6 Å². The van der Waals surface area contributed by atoms with Crippen molar-refractivity contribution < 1.29 is 14.3 Å². The van der Waals surface area contributed by atoms with Crippen LogP contribution in [0.15, 0.2) is 35.7 Å². The standard InChI is InChI=1S/C19H23NO3S/c1-4-15-10-11-24-17(15)18(21)20-16(19(22)23-5-2)12-14-8-6-13(3)7-9-14/h6-11,16H,4-5,12H2,1-3H3,(H,20,21). The van der Waals surface area contributed by atoms with Crippen LogP contribution in [-0.4, -0.2) is 24.5 Å². The van der Waals surface area contributed by atoms with E-state index in [0.29, 0.717) is 11.3 Å². The average molecular weight is 345 g/mol. The van der Waals surface area contributed by atoms with E-state index >= 15 is 0 Å². The third-order valence-corrected chi connectivity index (χ3v) is 4.73. The number of rotatable bonds is 7. The molecule has 0 fully saturated rings. The Bertz CT molecular complexity index is 691. The summed E-state index contributed by atoms with van der Waals surface area (Å²) in [6.07, 6.45) is 1.20. The maximum absolute atomic E-state index is 12.5. The molecule has 4 nitrogen and oxygen atoms in total. The van der Waals surface area contributed by atoms with E-state index in [0.717, 1.165) is 23.1 Å². The first-order chi connectivity index (χ1) is 11.5. The van der Waals surface area contributed by atoms with Gasteiger partial charge in [0.15, 0.2) is 0 Å². The Morgan fingerprint density at radius 1 is 1.17 bits per heavy atom. The first-order valence-electron chi connectivity index (χ1n) is 8.14. The van der Waals surface area contributed by atoms with E-state index in [1.165, 1.54) is 11.3 Å². The predicted octanol–water partition coefficient (Wildman–Crippen LogP) is 3.52. The lowest BCUT2D eigenvalue weighted by Gasteiger charge is -2.17. The summed E-state index contributed by atoms with van der Waals surface area (Å²) in [5.74, 6) is -0.618. The number of hydrogen-bond acceptors (Lipinski definition) is 4. The Hall–Kier alpha value is -2.14. The molecule has 1 N–H and O–H groups in total. The van der Waals surface area contributed by atoms with Gasteiger partial charge in [0.2, 0.25) is 0 Å². The molecule has 1 aromatic carbocycles. The van der Waals surface area contributed by atoms with Gasteiger partial charge in [-0.15, -0.1) is 11.3 Å². The molecule has 2 aromatic rings. The van der Waals surface area contributed by atoms with Crippen LogP contribution < -0.4 is 5.32 Å². The zero-order valence-electron chi connectivity index (χ0n) is 14.3. The summed E-state index contributed by atoms with van der Waals surface area (Å²) in [5, 5.41) is 4.73. The van der Waals surface area contributed by atoms with Crippen molar-refractivity contribution in [2.24, 2.45) is 0 Å². The molecule has 5 heteroatoms. The van der Waals surface area contributed by atoms with Gasteiger partial charge in [0.25, 0.3) is 5.91 Å². The molecule has 1 heterocycles. The number of ether oxygens (including phenoxy) is 1. The summed E-state index contributed by atoms with van der Waals surface area (Å²) >= 11 is 1.39. The van der Waals surface area contributed by atoms with Gasteiger partial charge < -0.3 is 10.1 Å². The van der Waals surface area contributed by atoms with Crippen molar-refractivity contribution in [3.05, 3.63) is 57.3 Å². The molecule has 0 saturated heterocycles. The summed E-state index contributed by atoms with van der Waals surface area (Å²) in [6, 6.07) is 9.18. The lowest BCUT2D eigenvalue weighted by Crippen LogP contribution is -2.43. The predicted molar refractivity (Wildman–Crippen MR) is 96.5 cm³/mol. The van der Waals surface area contributed by atoms with E-state index in [2.05, 4.69) is 5.32 Å². The Kier molecular flexibility index (Phi) is 6.55. The number of esters is 1.